The molecule has 4 nitrogen and oxygen atoms in total. The van der Waals surface area contributed by atoms with Gasteiger partial charge in [-0.25, -0.2) is 4.98 Å². The molecule has 3 aromatic rings. The highest BCUT2D eigenvalue weighted by Crippen LogP contribution is 2.30. The number of nitrogens with zero attached hydrogens (tertiary/aromatic N) is 1. The van der Waals surface area contributed by atoms with E-state index in [0.717, 1.165) is 12.1 Å². The minimum atomic E-state index is -4.37. The Kier molecular flexibility index (Phi) is 4.88. The molecule has 0 atom stereocenters. The van der Waals surface area contributed by atoms with Crippen LogP contribution in [0.3, 0.4) is 0 Å². The van der Waals surface area contributed by atoms with Crippen LogP contribution in [0.5, 0.6) is 0 Å². The minimum Gasteiger partial charge on any atom is -0.340 e. The number of rotatable bonds is 4. The summed E-state index contributed by atoms with van der Waals surface area (Å²) >= 11 is 0. The quantitative estimate of drug-likeness (QED) is 0.683. The molecule has 0 fully saturated rings. The molecule has 0 saturated heterocycles. The molecule has 1 amide bonds. The largest absolute Gasteiger partial charge is 0.416 e. The van der Waals surface area contributed by atoms with E-state index in [1.54, 1.807) is 36.4 Å². The van der Waals surface area contributed by atoms with Crippen molar-refractivity contribution in [1.29, 1.82) is 0 Å². The molecule has 2 N–H and O–H groups in total. The van der Waals surface area contributed by atoms with Crippen molar-refractivity contribution in [3.8, 4) is 0 Å². The van der Waals surface area contributed by atoms with Gasteiger partial charge in [0.15, 0.2) is 0 Å². The van der Waals surface area contributed by atoms with Gasteiger partial charge >= 0.3 is 6.18 Å². The number of benzene rings is 2. The van der Waals surface area contributed by atoms with Crippen LogP contribution in [-0.4, -0.2) is 10.9 Å². The average Bonchev–Trinajstić information content (AvgIpc) is 2.64. The fourth-order valence-corrected chi connectivity index (χ4v) is 2.22. The van der Waals surface area contributed by atoms with E-state index in [9.17, 15) is 18.0 Å². The predicted molar refractivity (Wildman–Crippen MR) is 93.4 cm³/mol. The highest BCUT2D eigenvalue weighted by Gasteiger charge is 2.29. The second-order valence-corrected chi connectivity index (χ2v) is 5.45. The van der Waals surface area contributed by atoms with Crippen molar-refractivity contribution in [2.45, 2.75) is 6.18 Å². The van der Waals surface area contributed by atoms with E-state index >= 15 is 0 Å². The summed E-state index contributed by atoms with van der Waals surface area (Å²) in [7, 11) is 0. The van der Waals surface area contributed by atoms with Gasteiger partial charge in [-0.3, -0.25) is 4.79 Å². The van der Waals surface area contributed by atoms with Crippen LogP contribution in [0.15, 0.2) is 72.9 Å². The van der Waals surface area contributed by atoms with Crippen LogP contribution in [-0.2, 0) is 6.18 Å². The van der Waals surface area contributed by atoms with Crippen molar-refractivity contribution >= 4 is 23.1 Å². The molecule has 0 spiro atoms. The maximum Gasteiger partial charge on any atom is 0.416 e. The third-order valence-electron chi connectivity index (χ3n) is 3.54. The molecule has 1 heterocycles. The number of amides is 1. The zero-order valence-corrected chi connectivity index (χ0v) is 13.4. The standard InChI is InChI=1S/C19H14F3N3O/c20-19(21,22)14-6-8-15(9-7-14)24-17-11-10-16(12-23-17)25-18(26)13-4-2-1-3-5-13/h1-12H,(H,23,24)(H,25,26). The maximum absolute atomic E-state index is 12.6. The van der Waals surface area contributed by atoms with Crippen molar-refractivity contribution in [3.63, 3.8) is 0 Å². The third-order valence-corrected chi connectivity index (χ3v) is 3.54. The monoisotopic (exact) mass is 357 g/mol. The predicted octanol–water partition coefficient (Wildman–Crippen LogP) is 5.10. The van der Waals surface area contributed by atoms with Crippen molar-refractivity contribution in [1.82, 2.24) is 4.98 Å². The Hall–Kier alpha value is -3.35. The van der Waals surface area contributed by atoms with E-state index in [2.05, 4.69) is 15.6 Å². The Labute approximate surface area is 147 Å². The van der Waals surface area contributed by atoms with Gasteiger partial charge in [-0.05, 0) is 48.5 Å². The number of anilines is 3. The number of halogens is 3. The van der Waals surface area contributed by atoms with Gasteiger partial charge in [0.2, 0.25) is 0 Å². The first-order chi connectivity index (χ1) is 12.4. The van der Waals surface area contributed by atoms with Crippen molar-refractivity contribution in [2.24, 2.45) is 0 Å². The Balaban J connectivity index is 1.63. The average molecular weight is 357 g/mol. The zero-order chi connectivity index (χ0) is 18.6. The Morgan fingerprint density at radius 1 is 0.846 bits per heavy atom. The van der Waals surface area contributed by atoms with E-state index in [4.69, 9.17) is 0 Å². The molecule has 0 unspecified atom stereocenters. The van der Waals surface area contributed by atoms with E-state index in [1.807, 2.05) is 6.07 Å². The fraction of sp³-hybridized carbons (Fsp3) is 0.0526. The van der Waals surface area contributed by atoms with Crippen LogP contribution < -0.4 is 10.6 Å². The topological polar surface area (TPSA) is 54.0 Å². The Morgan fingerprint density at radius 2 is 1.50 bits per heavy atom. The van der Waals surface area contributed by atoms with E-state index < -0.39 is 11.7 Å². The minimum absolute atomic E-state index is 0.254. The fourth-order valence-electron chi connectivity index (χ4n) is 2.22. The number of alkyl halides is 3. The SMILES string of the molecule is O=C(Nc1ccc(Nc2ccc(C(F)(F)F)cc2)nc1)c1ccccc1. The first-order valence-electron chi connectivity index (χ1n) is 7.68. The van der Waals surface area contributed by atoms with Crippen LogP contribution >= 0.6 is 0 Å². The molecule has 0 aliphatic heterocycles. The lowest BCUT2D eigenvalue weighted by molar-refractivity contribution is -0.137. The van der Waals surface area contributed by atoms with Gasteiger partial charge in [0, 0.05) is 11.3 Å². The normalized spacial score (nSPS) is 11.0. The summed E-state index contributed by atoms with van der Waals surface area (Å²) in [5, 5.41) is 5.62. The van der Waals surface area contributed by atoms with E-state index in [0.29, 0.717) is 22.8 Å². The highest BCUT2D eigenvalue weighted by molar-refractivity contribution is 6.04. The van der Waals surface area contributed by atoms with E-state index in [1.165, 1.54) is 18.3 Å². The van der Waals surface area contributed by atoms with Gasteiger partial charge in [-0.15, -0.1) is 0 Å². The smallest absolute Gasteiger partial charge is 0.340 e. The highest BCUT2D eigenvalue weighted by atomic mass is 19.4. The summed E-state index contributed by atoms with van der Waals surface area (Å²) in [5.74, 6) is 0.193. The first-order valence-corrected chi connectivity index (χ1v) is 7.68. The molecular formula is C19H14F3N3O. The van der Waals surface area contributed by atoms with Crippen molar-refractivity contribution < 1.29 is 18.0 Å². The van der Waals surface area contributed by atoms with Gasteiger partial charge in [-0.2, -0.15) is 13.2 Å². The van der Waals surface area contributed by atoms with Gasteiger partial charge in [0.25, 0.3) is 5.91 Å². The number of aromatic nitrogens is 1. The summed E-state index contributed by atoms with van der Waals surface area (Å²) in [4.78, 5) is 16.2. The summed E-state index contributed by atoms with van der Waals surface area (Å²) in [6, 6.07) is 16.7. The summed E-state index contributed by atoms with van der Waals surface area (Å²) < 4.78 is 37.7. The number of hydrogen-bond donors (Lipinski definition) is 2. The van der Waals surface area contributed by atoms with Crippen LogP contribution in [0.2, 0.25) is 0 Å². The molecule has 7 heteroatoms. The first kappa shape index (κ1) is 17.5. The van der Waals surface area contributed by atoms with Gasteiger partial charge in [0.1, 0.15) is 5.82 Å². The summed E-state index contributed by atoms with van der Waals surface area (Å²) in [6.45, 7) is 0. The van der Waals surface area contributed by atoms with Gasteiger partial charge in [0.05, 0.1) is 17.4 Å². The molecule has 0 radical (unpaired) electrons. The molecule has 0 aliphatic rings. The van der Waals surface area contributed by atoms with Crippen LogP contribution in [0.4, 0.5) is 30.4 Å². The number of carbonyl (C=O) groups is 1. The summed E-state index contributed by atoms with van der Waals surface area (Å²) in [6.07, 6.45) is -2.90. The summed E-state index contributed by atoms with van der Waals surface area (Å²) in [5.41, 5.74) is 0.804. The Bertz CT molecular complexity index is 877. The zero-order valence-electron chi connectivity index (χ0n) is 13.4. The second kappa shape index (κ2) is 7.26. The molecular weight excluding hydrogens is 343 g/mol. The lowest BCUT2D eigenvalue weighted by Gasteiger charge is -2.10. The Morgan fingerprint density at radius 3 is 2.08 bits per heavy atom. The molecule has 0 bridgehead atoms. The van der Waals surface area contributed by atoms with Gasteiger partial charge < -0.3 is 10.6 Å². The van der Waals surface area contributed by atoms with Gasteiger partial charge in [-0.1, -0.05) is 18.2 Å². The third kappa shape index (κ3) is 4.38. The number of hydrogen-bond acceptors (Lipinski definition) is 3. The lowest BCUT2D eigenvalue weighted by atomic mass is 10.2. The van der Waals surface area contributed by atoms with Crippen LogP contribution in [0, 0.1) is 0 Å². The van der Waals surface area contributed by atoms with E-state index in [-0.39, 0.29) is 5.91 Å². The molecule has 0 saturated carbocycles. The molecule has 0 aliphatic carbocycles. The molecule has 1 aromatic heterocycles. The van der Waals surface area contributed by atoms with Crippen molar-refractivity contribution in [2.75, 3.05) is 10.6 Å². The number of nitrogens with one attached hydrogen (secondary N) is 2. The maximum atomic E-state index is 12.6. The van der Waals surface area contributed by atoms with Crippen LogP contribution in [0.1, 0.15) is 15.9 Å². The van der Waals surface area contributed by atoms with Crippen LogP contribution in [0.25, 0.3) is 0 Å². The van der Waals surface area contributed by atoms with Crippen molar-refractivity contribution in [3.05, 3.63) is 84.1 Å². The second-order valence-electron chi connectivity index (χ2n) is 5.45. The number of carbonyl (C=O) groups excluding carboxylic acids is 1. The lowest BCUT2D eigenvalue weighted by Crippen LogP contribution is -2.11. The molecule has 26 heavy (non-hydrogen) atoms. The number of pyridine rings is 1. The molecule has 132 valence electrons. The molecule has 3 rings (SSSR count). The molecule has 2 aromatic carbocycles.